The van der Waals surface area contributed by atoms with Gasteiger partial charge in [-0.05, 0) is 0 Å². The van der Waals surface area contributed by atoms with E-state index in [0.29, 0.717) is 23.7 Å². The maximum atomic E-state index is 2.54. The molecule has 0 nitrogen and oxygen atoms in total. The van der Waals surface area contributed by atoms with Crippen molar-refractivity contribution in [1.82, 2.24) is 0 Å². The van der Waals surface area contributed by atoms with Gasteiger partial charge < -0.3 is 0 Å². The molecule has 142 valence electrons. The molecule has 2 aliphatic carbocycles. The van der Waals surface area contributed by atoms with Crippen molar-refractivity contribution in [3.63, 3.8) is 0 Å². The molecule has 0 bridgehead atoms. The van der Waals surface area contributed by atoms with Gasteiger partial charge in [-0.1, -0.05) is 0 Å². The van der Waals surface area contributed by atoms with Crippen LogP contribution in [-0.4, -0.2) is 0 Å². The molecule has 2 aliphatic rings. The third kappa shape index (κ3) is 5.70. The van der Waals surface area contributed by atoms with E-state index in [1.54, 1.807) is 22.3 Å². The second kappa shape index (κ2) is 10.7. The topological polar surface area (TPSA) is 0 Å². The summed E-state index contributed by atoms with van der Waals surface area (Å²) in [6, 6.07) is 0. The third-order valence-electron chi connectivity index (χ3n) is 5.02. The summed E-state index contributed by atoms with van der Waals surface area (Å²) >= 11 is -0.621. The Bertz CT molecular complexity index is 535. The Balaban J connectivity index is 0.00000288. The molecule has 0 atom stereocenters. The van der Waals surface area contributed by atoms with E-state index >= 15 is 0 Å². The fraction of sp³-hybridized carbons (Fsp3) is 0.636. The summed E-state index contributed by atoms with van der Waals surface area (Å²) in [5.41, 5.74) is 6.77. The van der Waals surface area contributed by atoms with Crippen molar-refractivity contribution >= 4 is 24.8 Å². The van der Waals surface area contributed by atoms with E-state index in [-0.39, 0.29) is 24.8 Å². The van der Waals surface area contributed by atoms with E-state index in [9.17, 15) is 0 Å². The minimum absolute atomic E-state index is 0. The molecule has 0 saturated carbocycles. The summed E-state index contributed by atoms with van der Waals surface area (Å²) in [4.78, 5) is 0. The molecule has 0 aromatic heterocycles. The van der Waals surface area contributed by atoms with Gasteiger partial charge in [0.15, 0.2) is 0 Å². The van der Waals surface area contributed by atoms with Crippen molar-refractivity contribution < 1.29 is 23.2 Å². The van der Waals surface area contributed by atoms with E-state index in [1.165, 1.54) is 12.8 Å². The van der Waals surface area contributed by atoms with Gasteiger partial charge in [0.2, 0.25) is 0 Å². The molecule has 25 heavy (non-hydrogen) atoms. The van der Waals surface area contributed by atoms with E-state index in [1.807, 2.05) is 6.56 Å². The number of allylic oxidation sites excluding steroid dienone is 8. The van der Waals surface area contributed by atoms with Crippen LogP contribution in [0.5, 0.6) is 0 Å². The maximum Gasteiger partial charge on any atom is -0.147 e. The van der Waals surface area contributed by atoms with Crippen LogP contribution >= 0.6 is 24.8 Å². The van der Waals surface area contributed by atoms with Gasteiger partial charge in [-0.25, -0.2) is 0 Å². The predicted molar refractivity (Wildman–Crippen MR) is 113 cm³/mol. The maximum absolute atomic E-state index is 2.54. The molecule has 0 fully saturated rings. The molecular weight excluding hydrogens is 426 g/mol. The van der Waals surface area contributed by atoms with Gasteiger partial charge >= 0.3 is 156 Å². The Morgan fingerprint density at radius 2 is 0.920 bits per heavy atom. The Morgan fingerprint density at radius 1 is 0.600 bits per heavy atom. The summed E-state index contributed by atoms with van der Waals surface area (Å²) < 4.78 is 3.72. The van der Waals surface area contributed by atoms with Crippen LogP contribution in [0.2, 0.25) is 0 Å². The van der Waals surface area contributed by atoms with Gasteiger partial charge in [-0.3, -0.25) is 0 Å². The van der Waals surface area contributed by atoms with Crippen molar-refractivity contribution in [3.05, 3.63) is 41.0 Å². The van der Waals surface area contributed by atoms with Crippen molar-refractivity contribution in [2.24, 2.45) is 23.7 Å². The zero-order valence-electron chi connectivity index (χ0n) is 17.2. The molecule has 0 aromatic carbocycles. The monoisotopic (exact) mass is 460 g/mol. The minimum atomic E-state index is -0.621. The molecule has 0 spiro atoms. The van der Waals surface area contributed by atoms with Crippen LogP contribution in [0.15, 0.2) is 41.0 Å². The van der Waals surface area contributed by atoms with Crippen LogP contribution in [0.1, 0.15) is 68.2 Å². The van der Waals surface area contributed by atoms with Crippen LogP contribution in [-0.2, 0) is 23.2 Å². The van der Waals surface area contributed by atoms with Gasteiger partial charge in [0.05, 0.1) is 0 Å². The zero-order chi connectivity index (χ0) is 17.3. The first kappa shape index (κ1) is 25.4. The predicted octanol–water partition coefficient (Wildman–Crippen LogP) is 7.70. The molecular formula is C22H36Cl2Zr. The normalized spacial score (nSPS) is 17.4. The minimum Gasteiger partial charge on any atom is -0.147 e. The standard InChI is InChI=1S/2C11H17.2ClH.Zr/c2*1-8(2)10-6-5-7-11(10)9(3)4;;;/h2*6,8-9H,5H2,1-4H3;2*1H;. The Labute approximate surface area is 180 Å². The van der Waals surface area contributed by atoms with Crippen LogP contribution < -0.4 is 0 Å². The first-order valence-electron chi connectivity index (χ1n) is 9.37. The molecule has 0 amide bonds. The fourth-order valence-electron chi connectivity index (χ4n) is 4.09. The van der Waals surface area contributed by atoms with Crippen LogP contribution in [0.25, 0.3) is 0 Å². The van der Waals surface area contributed by atoms with Gasteiger partial charge in [-0.2, -0.15) is 0 Å². The smallest absolute Gasteiger partial charge is 0.147 e. The molecule has 0 aromatic rings. The first-order chi connectivity index (χ1) is 10.7. The number of halogens is 2. The third-order valence-corrected chi connectivity index (χ3v) is 8.84. The summed E-state index contributed by atoms with van der Waals surface area (Å²) in [5.74, 6) is 2.72. The van der Waals surface area contributed by atoms with Crippen molar-refractivity contribution in [2.75, 3.05) is 0 Å². The van der Waals surface area contributed by atoms with Crippen molar-refractivity contribution in [1.29, 1.82) is 0 Å². The van der Waals surface area contributed by atoms with Gasteiger partial charge in [0.1, 0.15) is 0 Å². The molecule has 0 aliphatic heterocycles. The molecule has 3 heteroatoms. The van der Waals surface area contributed by atoms with Crippen molar-refractivity contribution in [3.8, 4) is 0 Å². The van der Waals surface area contributed by atoms with E-state index in [2.05, 4.69) is 67.5 Å². The molecule has 0 N–H and O–H groups in total. The van der Waals surface area contributed by atoms with E-state index in [0.717, 1.165) is 0 Å². The first-order valence-corrected chi connectivity index (χ1v) is 11.8. The Kier molecular flexibility index (Phi) is 10.9. The van der Waals surface area contributed by atoms with E-state index < -0.39 is 23.2 Å². The number of hydrogen-bond donors (Lipinski definition) is 0. The van der Waals surface area contributed by atoms with Crippen LogP contribution in [0, 0.1) is 23.7 Å². The van der Waals surface area contributed by atoms with Gasteiger partial charge in [0.25, 0.3) is 0 Å². The summed E-state index contributed by atoms with van der Waals surface area (Å²) in [6.45, 7) is 19.0. The average Bonchev–Trinajstić information content (AvgIpc) is 3.02. The van der Waals surface area contributed by atoms with Crippen LogP contribution in [0.3, 0.4) is 0 Å². The van der Waals surface area contributed by atoms with E-state index in [4.69, 9.17) is 0 Å². The SMILES string of the molecule is CC(C)C1=CC[C]([Zr][C]2=C(C(C)C)C(C(C)C)=CC2)=C1C(C)C.Cl.Cl. The average molecular weight is 463 g/mol. The second-order valence-corrected chi connectivity index (χ2v) is 11.8. The Morgan fingerprint density at radius 3 is 1.16 bits per heavy atom. The summed E-state index contributed by atoms with van der Waals surface area (Å²) in [5, 5.41) is 0. The van der Waals surface area contributed by atoms with Gasteiger partial charge in [-0.15, -0.1) is 24.8 Å². The zero-order valence-corrected chi connectivity index (χ0v) is 21.3. The molecule has 0 saturated heterocycles. The Hall–Kier alpha value is 0.423. The molecule has 0 radical (unpaired) electrons. The quantitative estimate of drug-likeness (QED) is 0.379. The fourth-order valence-corrected chi connectivity index (χ4v) is 8.78. The van der Waals surface area contributed by atoms with Crippen molar-refractivity contribution in [2.45, 2.75) is 68.2 Å². The number of rotatable bonds is 6. The van der Waals surface area contributed by atoms with Crippen LogP contribution in [0.4, 0.5) is 0 Å². The molecule has 2 rings (SSSR count). The summed E-state index contributed by atoms with van der Waals surface area (Å²) in [6.07, 6.45) is 7.58. The van der Waals surface area contributed by atoms with Gasteiger partial charge in [0, 0.05) is 0 Å². The molecule has 0 heterocycles. The largest absolute Gasteiger partial charge is 0.147 e. The summed E-state index contributed by atoms with van der Waals surface area (Å²) in [7, 11) is 0. The second-order valence-electron chi connectivity index (χ2n) is 8.26. The molecule has 0 unspecified atom stereocenters. The number of hydrogen-bond acceptors (Lipinski definition) is 0.